The Kier molecular flexibility index (Phi) is 3.89. The molecule has 0 aromatic heterocycles. The van der Waals surface area contributed by atoms with Crippen molar-refractivity contribution >= 4 is 17.5 Å². The summed E-state index contributed by atoms with van der Waals surface area (Å²) >= 11 is 5.30. The van der Waals surface area contributed by atoms with E-state index in [1.54, 1.807) is 19.1 Å². The highest BCUT2D eigenvalue weighted by Crippen LogP contribution is 2.08. The summed E-state index contributed by atoms with van der Waals surface area (Å²) in [5.74, 6) is -0.522. The van der Waals surface area contributed by atoms with E-state index >= 15 is 0 Å². The Morgan fingerprint density at radius 1 is 1.57 bits per heavy atom. The molecule has 1 rings (SSSR count). The molecule has 2 nitrogen and oxygen atoms in total. The van der Waals surface area contributed by atoms with E-state index in [1.807, 2.05) is 0 Å². The maximum Gasteiger partial charge on any atom is 0.235 e. The van der Waals surface area contributed by atoms with Crippen LogP contribution < -0.4 is 5.32 Å². The van der Waals surface area contributed by atoms with Crippen LogP contribution in [0.25, 0.3) is 0 Å². The lowest BCUT2D eigenvalue weighted by Gasteiger charge is -2.04. The van der Waals surface area contributed by atoms with Gasteiger partial charge in [-0.25, -0.2) is 4.39 Å². The lowest BCUT2D eigenvalue weighted by Crippen LogP contribution is -2.23. The predicted molar refractivity (Wildman–Crippen MR) is 53.7 cm³/mol. The number of amides is 1. The molecule has 1 aromatic rings. The van der Waals surface area contributed by atoms with Gasteiger partial charge in [0.1, 0.15) is 11.7 Å². The summed E-state index contributed by atoms with van der Waals surface area (Å²) in [7, 11) is 0. The van der Waals surface area contributed by atoms with Crippen LogP contribution in [0.2, 0.25) is 0 Å². The van der Waals surface area contributed by atoms with E-state index < -0.39 is 0 Å². The Labute approximate surface area is 87.1 Å². The third-order valence-corrected chi connectivity index (χ3v) is 2.08. The molecule has 1 amide bonds. The van der Waals surface area contributed by atoms with Crippen molar-refractivity contribution in [3.8, 4) is 0 Å². The molecule has 0 saturated heterocycles. The second-order valence-electron chi connectivity index (χ2n) is 2.99. The Balaban J connectivity index is 2.60. The van der Waals surface area contributed by atoms with Crippen LogP contribution in [0.15, 0.2) is 18.2 Å². The van der Waals surface area contributed by atoms with Crippen molar-refractivity contribution in [3.05, 3.63) is 35.1 Å². The number of carbonyl (C=O) groups is 1. The number of halogens is 2. The number of carbonyl (C=O) groups excluding carboxylic acids is 1. The summed E-state index contributed by atoms with van der Waals surface area (Å²) in [6, 6.07) is 4.72. The maximum atomic E-state index is 12.9. The molecule has 0 aliphatic rings. The lowest BCUT2D eigenvalue weighted by molar-refractivity contribution is -0.118. The van der Waals surface area contributed by atoms with Gasteiger partial charge in [-0.3, -0.25) is 4.79 Å². The third kappa shape index (κ3) is 3.00. The number of benzene rings is 1. The molecule has 0 atom stereocenters. The molecular formula is C10H11ClFNO. The van der Waals surface area contributed by atoms with Crippen LogP contribution in [0.4, 0.5) is 4.39 Å². The van der Waals surface area contributed by atoms with Crippen molar-refractivity contribution in [1.82, 2.24) is 5.32 Å². The highest BCUT2D eigenvalue weighted by molar-refractivity contribution is 6.27. The smallest absolute Gasteiger partial charge is 0.235 e. The minimum absolute atomic E-state index is 0.0554. The number of hydrogen-bond acceptors (Lipinski definition) is 1. The number of nitrogens with one attached hydrogen (secondary N) is 1. The Morgan fingerprint density at radius 2 is 2.29 bits per heavy atom. The number of hydrogen-bond donors (Lipinski definition) is 1. The van der Waals surface area contributed by atoms with Gasteiger partial charge >= 0.3 is 0 Å². The first-order chi connectivity index (χ1) is 6.63. The van der Waals surface area contributed by atoms with E-state index in [2.05, 4.69) is 5.32 Å². The molecule has 0 spiro atoms. The molecule has 0 fully saturated rings. The summed E-state index contributed by atoms with van der Waals surface area (Å²) in [4.78, 5) is 10.8. The zero-order chi connectivity index (χ0) is 10.6. The van der Waals surface area contributed by atoms with E-state index in [0.717, 1.165) is 5.56 Å². The molecule has 0 bridgehead atoms. The molecule has 76 valence electrons. The molecule has 0 aliphatic carbocycles. The fourth-order valence-corrected chi connectivity index (χ4v) is 1.16. The van der Waals surface area contributed by atoms with Crippen molar-refractivity contribution in [1.29, 1.82) is 0 Å². The maximum absolute atomic E-state index is 12.9. The van der Waals surface area contributed by atoms with Gasteiger partial charge in [0.15, 0.2) is 0 Å². The van der Waals surface area contributed by atoms with Crippen molar-refractivity contribution in [2.45, 2.75) is 13.5 Å². The summed E-state index contributed by atoms with van der Waals surface area (Å²) in [5, 5.41) is 2.60. The molecule has 1 aromatic carbocycles. The molecular weight excluding hydrogens is 205 g/mol. The second kappa shape index (κ2) is 4.96. The van der Waals surface area contributed by atoms with Crippen molar-refractivity contribution in [3.63, 3.8) is 0 Å². The number of rotatable bonds is 3. The topological polar surface area (TPSA) is 29.1 Å². The van der Waals surface area contributed by atoms with E-state index in [-0.39, 0.29) is 17.6 Å². The Bertz CT molecular complexity index is 341. The van der Waals surface area contributed by atoms with Crippen molar-refractivity contribution < 1.29 is 9.18 Å². The normalized spacial score (nSPS) is 9.93. The fraction of sp³-hybridized carbons (Fsp3) is 0.300. The Hall–Kier alpha value is -1.09. The first-order valence-corrected chi connectivity index (χ1v) is 4.74. The van der Waals surface area contributed by atoms with E-state index in [4.69, 9.17) is 11.6 Å². The average molecular weight is 216 g/mol. The van der Waals surface area contributed by atoms with Crippen molar-refractivity contribution in [2.75, 3.05) is 5.88 Å². The van der Waals surface area contributed by atoms with Gasteiger partial charge in [-0.05, 0) is 24.1 Å². The van der Waals surface area contributed by atoms with Crippen LogP contribution in [0.5, 0.6) is 0 Å². The number of aryl methyl sites for hydroxylation is 1. The first kappa shape index (κ1) is 11.0. The second-order valence-corrected chi connectivity index (χ2v) is 3.26. The standard InChI is InChI=1S/C10H11ClFNO/c1-7-4-8(2-3-9(7)12)6-13-10(14)5-11/h2-4H,5-6H2,1H3,(H,13,14). The zero-order valence-corrected chi connectivity index (χ0v) is 8.57. The largest absolute Gasteiger partial charge is 0.351 e. The van der Waals surface area contributed by atoms with Crippen LogP contribution >= 0.6 is 11.6 Å². The average Bonchev–Trinajstić information content (AvgIpc) is 2.19. The van der Waals surface area contributed by atoms with E-state index in [1.165, 1.54) is 6.07 Å². The van der Waals surface area contributed by atoms with Gasteiger partial charge in [-0.2, -0.15) is 0 Å². The van der Waals surface area contributed by atoms with Gasteiger partial charge < -0.3 is 5.32 Å². The van der Waals surface area contributed by atoms with Gasteiger partial charge in [-0.1, -0.05) is 12.1 Å². The van der Waals surface area contributed by atoms with Crippen LogP contribution in [0, 0.1) is 12.7 Å². The molecule has 1 N–H and O–H groups in total. The Morgan fingerprint density at radius 3 is 2.86 bits per heavy atom. The van der Waals surface area contributed by atoms with Gasteiger partial charge in [0.25, 0.3) is 0 Å². The van der Waals surface area contributed by atoms with E-state index in [9.17, 15) is 9.18 Å². The quantitative estimate of drug-likeness (QED) is 0.768. The molecule has 0 saturated carbocycles. The van der Waals surface area contributed by atoms with Gasteiger partial charge in [-0.15, -0.1) is 11.6 Å². The number of alkyl halides is 1. The summed E-state index contributed by atoms with van der Waals surface area (Å²) < 4.78 is 12.9. The monoisotopic (exact) mass is 215 g/mol. The third-order valence-electron chi connectivity index (χ3n) is 1.83. The highest BCUT2D eigenvalue weighted by Gasteiger charge is 2.01. The van der Waals surface area contributed by atoms with Crippen LogP contribution in [0.1, 0.15) is 11.1 Å². The molecule has 0 radical (unpaired) electrons. The SMILES string of the molecule is Cc1cc(CNC(=O)CCl)ccc1F. The zero-order valence-electron chi connectivity index (χ0n) is 7.81. The van der Waals surface area contributed by atoms with E-state index in [0.29, 0.717) is 12.1 Å². The van der Waals surface area contributed by atoms with Crippen LogP contribution in [-0.4, -0.2) is 11.8 Å². The molecule has 14 heavy (non-hydrogen) atoms. The van der Waals surface area contributed by atoms with Gasteiger partial charge in [0.05, 0.1) is 0 Å². The molecule has 4 heteroatoms. The summed E-state index contributed by atoms with van der Waals surface area (Å²) in [6.07, 6.45) is 0. The summed E-state index contributed by atoms with van der Waals surface area (Å²) in [5.41, 5.74) is 1.44. The van der Waals surface area contributed by atoms with Gasteiger partial charge in [0.2, 0.25) is 5.91 Å². The minimum atomic E-state index is -0.239. The van der Waals surface area contributed by atoms with Crippen LogP contribution in [0.3, 0.4) is 0 Å². The first-order valence-electron chi connectivity index (χ1n) is 4.21. The fourth-order valence-electron chi connectivity index (χ4n) is 1.06. The lowest BCUT2D eigenvalue weighted by atomic mass is 10.1. The molecule has 0 unspecified atom stereocenters. The van der Waals surface area contributed by atoms with Gasteiger partial charge in [0, 0.05) is 6.54 Å². The molecule has 0 heterocycles. The minimum Gasteiger partial charge on any atom is -0.351 e. The predicted octanol–water partition coefficient (Wildman–Crippen LogP) is 1.99. The van der Waals surface area contributed by atoms with Crippen molar-refractivity contribution in [2.24, 2.45) is 0 Å². The highest BCUT2D eigenvalue weighted by atomic mass is 35.5. The van der Waals surface area contributed by atoms with Crippen LogP contribution in [-0.2, 0) is 11.3 Å². The summed E-state index contributed by atoms with van der Waals surface area (Å²) in [6.45, 7) is 2.06. The molecule has 0 aliphatic heterocycles.